The highest BCUT2D eigenvalue weighted by atomic mass is 35.5. The van der Waals surface area contributed by atoms with Crippen molar-refractivity contribution in [1.29, 1.82) is 0 Å². The van der Waals surface area contributed by atoms with Gasteiger partial charge in [0.2, 0.25) is 0 Å². The zero-order chi connectivity index (χ0) is 14.3. The quantitative estimate of drug-likeness (QED) is 0.710. The number of carbonyl (C=O) groups is 1. The first-order valence-corrected chi connectivity index (χ1v) is 7.10. The van der Waals surface area contributed by atoms with Crippen molar-refractivity contribution in [3.05, 3.63) is 34.9 Å². The molecule has 2 N–H and O–H groups in total. The molecule has 0 heterocycles. The minimum atomic E-state index is -1.84. The predicted octanol–water partition coefficient (Wildman–Crippen LogP) is 3.97. The average Bonchev–Trinajstić information content (AvgIpc) is 2.38. The van der Waals surface area contributed by atoms with Crippen LogP contribution in [0.25, 0.3) is 0 Å². The lowest BCUT2D eigenvalue weighted by Gasteiger charge is -2.24. The van der Waals surface area contributed by atoms with E-state index in [2.05, 4.69) is 6.92 Å². The van der Waals surface area contributed by atoms with E-state index in [-0.39, 0.29) is 6.42 Å². The molecule has 0 fully saturated rings. The maximum Gasteiger partial charge on any atom is 0.340 e. The molecule has 1 aromatic carbocycles. The maximum atomic E-state index is 11.4. The number of carboxylic acid groups (broad SMARTS) is 1. The predicted molar refractivity (Wildman–Crippen MR) is 76.4 cm³/mol. The van der Waals surface area contributed by atoms with Gasteiger partial charge in [-0.25, -0.2) is 4.79 Å². The van der Waals surface area contributed by atoms with Crippen LogP contribution in [0.1, 0.15) is 51.0 Å². The van der Waals surface area contributed by atoms with Crippen LogP contribution in [0.15, 0.2) is 24.3 Å². The van der Waals surface area contributed by atoms with Crippen molar-refractivity contribution in [3.8, 4) is 0 Å². The fraction of sp³-hybridized carbons (Fsp3) is 0.533. The van der Waals surface area contributed by atoms with Crippen LogP contribution < -0.4 is 0 Å². The molecule has 0 aliphatic carbocycles. The van der Waals surface area contributed by atoms with Gasteiger partial charge in [0, 0.05) is 5.02 Å². The van der Waals surface area contributed by atoms with Crippen molar-refractivity contribution >= 4 is 17.6 Å². The highest BCUT2D eigenvalue weighted by Crippen LogP contribution is 2.29. The number of hydrogen-bond donors (Lipinski definition) is 2. The van der Waals surface area contributed by atoms with Gasteiger partial charge in [-0.1, -0.05) is 56.3 Å². The Bertz CT molecular complexity index is 420. The summed E-state index contributed by atoms with van der Waals surface area (Å²) in [6.07, 6.45) is 5.19. The van der Waals surface area contributed by atoms with Crippen molar-refractivity contribution in [3.63, 3.8) is 0 Å². The second-order valence-corrected chi connectivity index (χ2v) is 5.28. The van der Waals surface area contributed by atoms with Gasteiger partial charge in [0.05, 0.1) is 0 Å². The standard InChI is InChI=1S/C15H21ClO3/c1-2-3-4-5-6-10-15(19,14(17)18)12-8-7-9-13(16)11-12/h7-9,11,19H,2-6,10H2,1H3,(H,17,18)/t15-/m0/s1. The van der Waals surface area contributed by atoms with Crippen LogP contribution in [0.2, 0.25) is 5.02 Å². The summed E-state index contributed by atoms with van der Waals surface area (Å²) in [5.74, 6) is -1.22. The molecular formula is C15H21ClO3. The third-order valence-electron chi connectivity index (χ3n) is 3.30. The molecule has 1 rings (SSSR count). The molecule has 1 aromatic rings. The van der Waals surface area contributed by atoms with Gasteiger partial charge in [-0.2, -0.15) is 0 Å². The van der Waals surface area contributed by atoms with Crippen LogP contribution in [0.4, 0.5) is 0 Å². The first-order chi connectivity index (χ1) is 9.00. The van der Waals surface area contributed by atoms with Crippen LogP contribution in [0.5, 0.6) is 0 Å². The van der Waals surface area contributed by atoms with Gasteiger partial charge in [-0.05, 0) is 30.5 Å². The van der Waals surface area contributed by atoms with E-state index in [1.54, 1.807) is 18.2 Å². The number of hydrogen-bond acceptors (Lipinski definition) is 2. The fourth-order valence-corrected chi connectivity index (χ4v) is 2.30. The average molecular weight is 285 g/mol. The van der Waals surface area contributed by atoms with Gasteiger partial charge in [0.25, 0.3) is 0 Å². The number of unbranched alkanes of at least 4 members (excludes halogenated alkanes) is 4. The van der Waals surface area contributed by atoms with Crippen molar-refractivity contribution in [1.82, 2.24) is 0 Å². The van der Waals surface area contributed by atoms with Crippen LogP contribution in [-0.4, -0.2) is 16.2 Å². The molecule has 0 saturated carbocycles. The highest BCUT2D eigenvalue weighted by molar-refractivity contribution is 6.30. The van der Waals surface area contributed by atoms with Crippen LogP contribution in [0.3, 0.4) is 0 Å². The lowest BCUT2D eigenvalue weighted by Crippen LogP contribution is -2.35. The van der Waals surface area contributed by atoms with Gasteiger partial charge in [-0.3, -0.25) is 0 Å². The van der Waals surface area contributed by atoms with E-state index in [9.17, 15) is 15.0 Å². The summed E-state index contributed by atoms with van der Waals surface area (Å²) in [5.41, 5.74) is -1.49. The Morgan fingerprint density at radius 3 is 2.53 bits per heavy atom. The third kappa shape index (κ3) is 4.51. The summed E-state index contributed by atoms with van der Waals surface area (Å²) < 4.78 is 0. The minimum Gasteiger partial charge on any atom is -0.479 e. The monoisotopic (exact) mass is 284 g/mol. The Hall–Kier alpha value is -1.06. The zero-order valence-electron chi connectivity index (χ0n) is 11.2. The Balaban J connectivity index is 2.72. The minimum absolute atomic E-state index is 0.215. The molecule has 0 spiro atoms. The molecule has 0 aliphatic heterocycles. The number of benzene rings is 1. The molecule has 0 unspecified atom stereocenters. The van der Waals surface area contributed by atoms with Crippen molar-refractivity contribution in [2.45, 2.75) is 51.0 Å². The van der Waals surface area contributed by atoms with Gasteiger partial charge in [0.15, 0.2) is 5.60 Å². The molecular weight excluding hydrogens is 264 g/mol. The van der Waals surface area contributed by atoms with Crippen molar-refractivity contribution < 1.29 is 15.0 Å². The van der Waals surface area contributed by atoms with Gasteiger partial charge >= 0.3 is 5.97 Å². The van der Waals surface area contributed by atoms with E-state index >= 15 is 0 Å². The molecule has 106 valence electrons. The topological polar surface area (TPSA) is 57.5 Å². The van der Waals surface area contributed by atoms with Crippen molar-refractivity contribution in [2.75, 3.05) is 0 Å². The number of halogens is 1. The molecule has 0 aromatic heterocycles. The first kappa shape index (κ1) is 16.0. The molecule has 0 radical (unpaired) electrons. The maximum absolute atomic E-state index is 11.4. The second-order valence-electron chi connectivity index (χ2n) is 4.84. The molecule has 3 nitrogen and oxygen atoms in total. The van der Waals surface area contributed by atoms with E-state index < -0.39 is 11.6 Å². The summed E-state index contributed by atoms with van der Waals surface area (Å²) in [6.45, 7) is 2.12. The first-order valence-electron chi connectivity index (χ1n) is 6.72. The molecule has 19 heavy (non-hydrogen) atoms. The van der Waals surface area contributed by atoms with Gasteiger partial charge in [-0.15, -0.1) is 0 Å². The highest BCUT2D eigenvalue weighted by Gasteiger charge is 2.37. The summed E-state index contributed by atoms with van der Waals surface area (Å²) >= 11 is 5.85. The molecule has 0 aliphatic rings. The Morgan fingerprint density at radius 1 is 1.26 bits per heavy atom. The van der Waals surface area contributed by atoms with E-state index in [0.717, 1.165) is 25.7 Å². The summed E-state index contributed by atoms with van der Waals surface area (Å²) in [5, 5.41) is 20.1. The molecule has 0 bridgehead atoms. The van der Waals surface area contributed by atoms with Gasteiger partial charge < -0.3 is 10.2 Å². The molecule has 1 atom stereocenters. The lowest BCUT2D eigenvalue weighted by atomic mass is 9.88. The fourth-order valence-electron chi connectivity index (χ4n) is 2.10. The van der Waals surface area contributed by atoms with E-state index in [1.165, 1.54) is 6.07 Å². The Morgan fingerprint density at radius 2 is 1.95 bits per heavy atom. The molecule has 0 saturated heterocycles. The second kappa shape index (κ2) is 7.51. The van der Waals surface area contributed by atoms with E-state index in [4.69, 9.17) is 11.6 Å². The third-order valence-corrected chi connectivity index (χ3v) is 3.53. The number of aliphatic hydroxyl groups is 1. The summed E-state index contributed by atoms with van der Waals surface area (Å²) in [6, 6.07) is 6.44. The van der Waals surface area contributed by atoms with Gasteiger partial charge in [0.1, 0.15) is 0 Å². The number of aliphatic carboxylic acids is 1. The normalized spacial score (nSPS) is 14.1. The molecule has 4 heteroatoms. The van der Waals surface area contributed by atoms with E-state index in [1.807, 2.05) is 0 Å². The van der Waals surface area contributed by atoms with Crippen LogP contribution >= 0.6 is 11.6 Å². The SMILES string of the molecule is CCCCCCC[C@@](O)(C(=O)O)c1cccc(Cl)c1. The van der Waals surface area contributed by atoms with Crippen LogP contribution in [0, 0.1) is 0 Å². The summed E-state index contributed by atoms with van der Waals surface area (Å²) in [7, 11) is 0. The number of rotatable bonds is 8. The number of carboxylic acids is 1. The largest absolute Gasteiger partial charge is 0.479 e. The smallest absolute Gasteiger partial charge is 0.340 e. The van der Waals surface area contributed by atoms with E-state index in [0.29, 0.717) is 17.0 Å². The Labute approximate surface area is 119 Å². The Kier molecular flexibility index (Phi) is 6.32. The van der Waals surface area contributed by atoms with Crippen molar-refractivity contribution in [2.24, 2.45) is 0 Å². The molecule has 0 amide bonds. The lowest BCUT2D eigenvalue weighted by molar-refractivity contribution is -0.160. The summed E-state index contributed by atoms with van der Waals surface area (Å²) in [4.78, 5) is 11.4. The zero-order valence-corrected chi connectivity index (χ0v) is 12.0. The van der Waals surface area contributed by atoms with Crippen LogP contribution in [-0.2, 0) is 10.4 Å².